The van der Waals surface area contributed by atoms with Crippen LogP contribution in [-0.2, 0) is 0 Å². The predicted molar refractivity (Wildman–Crippen MR) is 65.1 cm³/mol. The minimum atomic E-state index is 0.428. The summed E-state index contributed by atoms with van der Waals surface area (Å²) in [4.78, 5) is 0. The van der Waals surface area contributed by atoms with Gasteiger partial charge in [0.25, 0.3) is 0 Å². The van der Waals surface area contributed by atoms with Gasteiger partial charge >= 0.3 is 0 Å². The smallest absolute Gasteiger partial charge is 0.00584 e. The first-order valence-electron chi connectivity index (χ1n) is 5.87. The van der Waals surface area contributed by atoms with E-state index in [0.29, 0.717) is 5.41 Å². The molecule has 1 N–H and O–H groups in total. The molecule has 0 fully saturated rings. The van der Waals surface area contributed by atoms with Crippen LogP contribution in [0.25, 0.3) is 0 Å². The highest BCUT2D eigenvalue weighted by molar-refractivity contribution is 5.78. The average Bonchev–Trinajstić information content (AvgIpc) is 2.00. The Morgan fingerprint density at radius 1 is 1.21 bits per heavy atom. The molecule has 0 unspecified atom stereocenters. The molecule has 0 aromatic rings. The molecule has 0 aliphatic heterocycles. The zero-order valence-corrected chi connectivity index (χ0v) is 10.6. The molecule has 0 saturated heterocycles. The van der Waals surface area contributed by atoms with Gasteiger partial charge in [-0.1, -0.05) is 40.5 Å². The Bertz CT molecular complexity index is 168. The minimum absolute atomic E-state index is 0.428. The summed E-state index contributed by atoms with van der Waals surface area (Å²) in [6.45, 7) is 11.1. The normalized spacial score (nSPS) is 12.1. The van der Waals surface area contributed by atoms with Crippen molar-refractivity contribution in [2.45, 2.75) is 66.7 Å². The van der Waals surface area contributed by atoms with Crippen LogP contribution in [0.1, 0.15) is 66.7 Å². The quantitative estimate of drug-likeness (QED) is 0.574. The maximum Gasteiger partial charge on any atom is 0.00584 e. The van der Waals surface area contributed by atoms with Crippen LogP contribution in [0.2, 0.25) is 0 Å². The van der Waals surface area contributed by atoms with Gasteiger partial charge in [-0.3, -0.25) is 0 Å². The molecule has 1 heteroatoms. The lowest BCUT2D eigenvalue weighted by Crippen LogP contribution is -2.13. The number of nitrogens with one attached hydrogen (secondary N) is 1. The molecule has 0 saturated carbocycles. The molecule has 0 rings (SSSR count). The maximum atomic E-state index is 7.42. The second-order valence-corrected chi connectivity index (χ2v) is 5.73. The van der Waals surface area contributed by atoms with Gasteiger partial charge in [-0.15, -0.1) is 0 Å². The zero-order chi connectivity index (χ0) is 11.2. The minimum Gasteiger partial charge on any atom is -0.310 e. The van der Waals surface area contributed by atoms with Crippen LogP contribution >= 0.6 is 0 Å². The Hall–Kier alpha value is -0.330. The van der Waals surface area contributed by atoms with E-state index in [1.165, 1.54) is 25.7 Å². The molecule has 84 valence electrons. The van der Waals surface area contributed by atoms with Gasteiger partial charge in [0.05, 0.1) is 0 Å². The fraction of sp³-hybridized carbons (Fsp3) is 0.923. The van der Waals surface area contributed by atoms with Crippen molar-refractivity contribution < 1.29 is 0 Å². The van der Waals surface area contributed by atoms with Gasteiger partial charge in [0.2, 0.25) is 0 Å². The van der Waals surface area contributed by atoms with E-state index in [1.54, 1.807) is 0 Å². The van der Waals surface area contributed by atoms with Gasteiger partial charge in [-0.25, -0.2) is 0 Å². The van der Waals surface area contributed by atoms with E-state index in [4.69, 9.17) is 5.41 Å². The van der Waals surface area contributed by atoms with Crippen molar-refractivity contribution in [3.8, 4) is 0 Å². The van der Waals surface area contributed by atoms with E-state index >= 15 is 0 Å². The van der Waals surface area contributed by atoms with Crippen molar-refractivity contribution in [3.63, 3.8) is 0 Å². The molecule has 0 heterocycles. The maximum absolute atomic E-state index is 7.42. The monoisotopic (exact) mass is 197 g/mol. The van der Waals surface area contributed by atoms with Crippen molar-refractivity contribution >= 4 is 5.71 Å². The lowest BCUT2D eigenvalue weighted by atomic mass is 9.81. The fourth-order valence-corrected chi connectivity index (χ4v) is 1.64. The van der Waals surface area contributed by atoms with E-state index in [0.717, 1.165) is 18.1 Å². The van der Waals surface area contributed by atoms with Gasteiger partial charge in [0.15, 0.2) is 0 Å². The van der Waals surface area contributed by atoms with Gasteiger partial charge in [0.1, 0.15) is 0 Å². The first-order chi connectivity index (χ1) is 6.33. The summed E-state index contributed by atoms with van der Waals surface area (Å²) in [5, 5.41) is 7.42. The van der Waals surface area contributed by atoms with E-state index in [2.05, 4.69) is 27.7 Å². The van der Waals surface area contributed by atoms with Gasteiger partial charge < -0.3 is 5.41 Å². The molecule has 0 aliphatic carbocycles. The zero-order valence-electron chi connectivity index (χ0n) is 10.6. The Kier molecular flexibility index (Phi) is 6.06. The van der Waals surface area contributed by atoms with Crippen molar-refractivity contribution in [3.05, 3.63) is 0 Å². The SMILES string of the molecule is CC(=N)CCC(C)(C)CCCC(C)C. The molecule has 0 amide bonds. The van der Waals surface area contributed by atoms with Crippen LogP contribution in [-0.4, -0.2) is 5.71 Å². The molecule has 0 spiro atoms. The summed E-state index contributed by atoms with van der Waals surface area (Å²) in [6.07, 6.45) is 6.11. The largest absolute Gasteiger partial charge is 0.310 e. The highest BCUT2D eigenvalue weighted by atomic mass is 14.4. The molecule has 0 aliphatic rings. The summed E-state index contributed by atoms with van der Waals surface area (Å²) >= 11 is 0. The lowest BCUT2D eigenvalue weighted by Gasteiger charge is -2.24. The Labute approximate surface area is 89.8 Å². The van der Waals surface area contributed by atoms with Crippen LogP contribution in [0, 0.1) is 16.7 Å². The Balaban J connectivity index is 3.66. The highest BCUT2D eigenvalue weighted by Gasteiger charge is 2.17. The summed E-state index contributed by atoms with van der Waals surface area (Å²) in [6, 6.07) is 0. The summed E-state index contributed by atoms with van der Waals surface area (Å²) < 4.78 is 0. The van der Waals surface area contributed by atoms with Crippen LogP contribution in [0.3, 0.4) is 0 Å². The van der Waals surface area contributed by atoms with E-state index in [-0.39, 0.29) is 0 Å². The highest BCUT2D eigenvalue weighted by Crippen LogP contribution is 2.29. The molecule has 0 bridgehead atoms. The third-order valence-corrected chi connectivity index (χ3v) is 2.81. The van der Waals surface area contributed by atoms with Crippen LogP contribution in [0.15, 0.2) is 0 Å². The first-order valence-corrected chi connectivity index (χ1v) is 5.87. The van der Waals surface area contributed by atoms with Crippen molar-refractivity contribution in [1.82, 2.24) is 0 Å². The number of hydrogen-bond donors (Lipinski definition) is 1. The lowest BCUT2D eigenvalue weighted by molar-refractivity contribution is 0.293. The third-order valence-electron chi connectivity index (χ3n) is 2.81. The fourth-order valence-electron chi connectivity index (χ4n) is 1.64. The molecule has 1 nitrogen and oxygen atoms in total. The van der Waals surface area contributed by atoms with E-state index < -0.39 is 0 Å². The second kappa shape index (κ2) is 6.21. The molecular formula is C13H27N. The molecule has 14 heavy (non-hydrogen) atoms. The number of hydrogen-bond acceptors (Lipinski definition) is 1. The van der Waals surface area contributed by atoms with Gasteiger partial charge in [-0.05, 0) is 37.5 Å². The van der Waals surface area contributed by atoms with Crippen molar-refractivity contribution in [1.29, 1.82) is 5.41 Å². The standard InChI is InChI=1S/C13H27N/c1-11(2)7-6-9-13(4,5)10-8-12(3)14/h11,14H,6-10H2,1-5H3. The van der Waals surface area contributed by atoms with Crippen molar-refractivity contribution in [2.24, 2.45) is 11.3 Å². The average molecular weight is 197 g/mol. The molecule has 0 aromatic carbocycles. The molecule has 0 aromatic heterocycles. The second-order valence-electron chi connectivity index (χ2n) is 5.73. The summed E-state index contributed by atoms with van der Waals surface area (Å²) in [5.41, 5.74) is 1.25. The van der Waals surface area contributed by atoms with Gasteiger partial charge in [0, 0.05) is 5.71 Å². The molecule has 0 atom stereocenters. The van der Waals surface area contributed by atoms with Crippen molar-refractivity contribution in [2.75, 3.05) is 0 Å². The molecular weight excluding hydrogens is 170 g/mol. The van der Waals surface area contributed by atoms with E-state index in [1.807, 2.05) is 6.92 Å². The summed E-state index contributed by atoms with van der Waals surface area (Å²) in [7, 11) is 0. The topological polar surface area (TPSA) is 23.9 Å². The summed E-state index contributed by atoms with van der Waals surface area (Å²) in [5.74, 6) is 0.829. The van der Waals surface area contributed by atoms with Gasteiger partial charge in [-0.2, -0.15) is 0 Å². The molecule has 0 radical (unpaired) electrons. The van der Waals surface area contributed by atoms with Crippen LogP contribution in [0.5, 0.6) is 0 Å². The van der Waals surface area contributed by atoms with Crippen LogP contribution in [0.4, 0.5) is 0 Å². The van der Waals surface area contributed by atoms with Crippen LogP contribution < -0.4 is 0 Å². The third kappa shape index (κ3) is 8.28. The Morgan fingerprint density at radius 3 is 2.21 bits per heavy atom. The first kappa shape index (κ1) is 13.7. The number of rotatable bonds is 7. The Morgan fingerprint density at radius 2 is 1.79 bits per heavy atom. The predicted octanol–water partition coefficient (Wildman–Crippen LogP) is 4.66. The van der Waals surface area contributed by atoms with E-state index in [9.17, 15) is 0 Å².